The maximum atomic E-state index is 13.0. The number of carboxylic acid groups (broad SMARTS) is 1. The molecular formula is C27H33N7O7. The Kier molecular flexibility index (Phi) is 10.4. The van der Waals surface area contributed by atoms with Crippen molar-refractivity contribution in [2.24, 2.45) is 0 Å². The molecule has 3 heterocycles. The van der Waals surface area contributed by atoms with Gasteiger partial charge in [0.2, 0.25) is 11.9 Å². The molecule has 0 radical (unpaired) electrons. The van der Waals surface area contributed by atoms with Crippen LogP contribution in [0.5, 0.6) is 0 Å². The van der Waals surface area contributed by atoms with E-state index in [0.29, 0.717) is 37.8 Å². The number of hydrogen-bond acceptors (Lipinski definition) is 9. The molecule has 3 aromatic rings. The average molecular weight is 568 g/mol. The van der Waals surface area contributed by atoms with Gasteiger partial charge in [0, 0.05) is 56.9 Å². The van der Waals surface area contributed by atoms with Crippen LogP contribution in [0.1, 0.15) is 42.7 Å². The summed E-state index contributed by atoms with van der Waals surface area (Å²) in [6.45, 7) is 1.20. The summed E-state index contributed by atoms with van der Waals surface area (Å²) < 4.78 is 12.0. The molecule has 1 aliphatic heterocycles. The van der Waals surface area contributed by atoms with E-state index in [2.05, 4.69) is 30.9 Å². The Balaban J connectivity index is 1.45. The van der Waals surface area contributed by atoms with Crippen molar-refractivity contribution >= 4 is 29.7 Å². The summed E-state index contributed by atoms with van der Waals surface area (Å²) in [6, 6.07) is 8.13. The molecule has 1 unspecified atom stereocenters. The highest BCUT2D eigenvalue weighted by molar-refractivity contribution is 5.89. The van der Waals surface area contributed by atoms with E-state index in [-0.39, 0.29) is 37.9 Å². The van der Waals surface area contributed by atoms with E-state index in [1.54, 1.807) is 24.5 Å². The lowest BCUT2D eigenvalue weighted by atomic mass is 9.93. The molecule has 41 heavy (non-hydrogen) atoms. The number of rotatable bonds is 13. The van der Waals surface area contributed by atoms with E-state index in [1.165, 1.54) is 10.8 Å². The number of alkyl carbamates (subject to hydrolysis) is 1. The standard InChI is InChI=1S/C27H33N7O7/c35-22(32-25-29-10-11-30-25)6-9-28-24-21(19-7-12-40-13-8-19)16-34(26(38)33-24)15-20(14-23(36)37)31-27(39)41-17-18-4-2-1-3-5-18/h1-5,10-11,16,19-20H,6-9,12-15,17H2,(H,31,39)(H,36,37)(H,28,33,38)(H2,29,30,32,35). The number of H-pyrrole nitrogens is 1. The second kappa shape index (κ2) is 14.6. The molecule has 218 valence electrons. The SMILES string of the molecule is O=C(O)CC(Cn1cc(C2CCOCC2)c(NCCC(=O)Nc2ncc[nH]2)nc1=O)NC(=O)OCc1ccccc1. The van der Waals surface area contributed by atoms with E-state index < -0.39 is 30.2 Å². The van der Waals surface area contributed by atoms with Crippen LogP contribution in [-0.4, -0.2) is 68.4 Å². The van der Waals surface area contributed by atoms with Crippen LogP contribution in [0.3, 0.4) is 0 Å². The van der Waals surface area contributed by atoms with Gasteiger partial charge in [0.05, 0.1) is 12.5 Å². The highest BCUT2D eigenvalue weighted by Crippen LogP contribution is 2.30. The summed E-state index contributed by atoms with van der Waals surface area (Å²) in [5, 5.41) is 17.7. The molecule has 0 aliphatic carbocycles. The van der Waals surface area contributed by atoms with E-state index in [0.717, 1.165) is 11.1 Å². The summed E-state index contributed by atoms with van der Waals surface area (Å²) in [4.78, 5) is 60.2. The van der Waals surface area contributed by atoms with Gasteiger partial charge in [0.15, 0.2) is 0 Å². The Hall–Kier alpha value is -4.72. The van der Waals surface area contributed by atoms with Crippen molar-refractivity contribution in [3.05, 3.63) is 70.5 Å². The Morgan fingerprint density at radius 1 is 1.20 bits per heavy atom. The number of benzene rings is 1. The first-order valence-electron chi connectivity index (χ1n) is 13.3. The van der Waals surface area contributed by atoms with Gasteiger partial charge in [-0.2, -0.15) is 4.98 Å². The maximum absolute atomic E-state index is 13.0. The molecule has 5 N–H and O–H groups in total. The highest BCUT2D eigenvalue weighted by atomic mass is 16.5. The number of carbonyl (C=O) groups excluding carboxylic acids is 2. The van der Waals surface area contributed by atoms with Crippen molar-refractivity contribution < 1.29 is 29.0 Å². The third-order valence-corrected chi connectivity index (χ3v) is 6.46. The molecule has 0 spiro atoms. The monoisotopic (exact) mass is 567 g/mol. The largest absolute Gasteiger partial charge is 0.481 e. The fourth-order valence-corrected chi connectivity index (χ4v) is 4.45. The minimum absolute atomic E-state index is 0.0156. The topological polar surface area (TPSA) is 190 Å². The van der Waals surface area contributed by atoms with Gasteiger partial charge in [-0.1, -0.05) is 30.3 Å². The van der Waals surface area contributed by atoms with E-state index >= 15 is 0 Å². The van der Waals surface area contributed by atoms with Crippen LogP contribution in [0.25, 0.3) is 0 Å². The number of aromatic amines is 1. The first kappa shape index (κ1) is 29.3. The second-order valence-corrected chi connectivity index (χ2v) is 9.53. The predicted molar refractivity (Wildman–Crippen MR) is 147 cm³/mol. The number of aliphatic carboxylic acids is 1. The Morgan fingerprint density at radius 2 is 1.98 bits per heavy atom. The number of aromatic nitrogens is 4. The quantitative estimate of drug-likeness (QED) is 0.204. The number of nitrogens with one attached hydrogen (secondary N) is 4. The van der Waals surface area contributed by atoms with Crippen LogP contribution in [0, 0.1) is 0 Å². The molecule has 2 aromatic heterocycles. The van der Waals surface area contributed by atoms with E-state index in [4.69, 9.17) is 9.47 Å². The van der Waals surface area contributed by atoms with Gasteiger partial charge in [0.1, 0.15) is 12.4 Å². The van der Waals surface area contributed by atoms with Gasteiger partial charge >= 0.3 is 17.8 Å². The number of hydrogen-bond donors (Lipinski definition) is 5. The Labute approximate surface area is 235 Å². The van der Waals surface area contributed by atoms with Crippen molar-refractivity contribution in [3.63, 3.8) is 0 Å². The molecule has 0 bridgehead atoms. The van der Waals surface area contributed by atoms with Crippen molar-refractivity contribution in [1.29, 1.82) is 0 Å². The van der Waals surface area contributed by atoms with E-state index in [9.17, 15) is 24.3 Å². The van der Waals surface area contributed by atoms with Crippen LogP contribution in [0.2, 0.25) is 0 Å². The van der Waals surface area contributed by atoms with Gasteiger partial charge in [0.25, 0.3) is 0 Å². The molecule has 2 amide bonds. The van der Waals surface area contributed by atoms with Gasteiger partial charge in [-0.25, -0.2) is 14.6 Å². The van der Waals surface area contributed by atoms with Gasteiger partial charge in [-0.3, -0.25) is 19.5 Å². The fraction of sp³-hybridized carbons (Fsp3) is 0.407. The first-order valence-corrected chi connectivity index (χ1v) is 13.3. The maximum Gasteiger partial charge on any atom is 0.407 e. The lowest BCUT2D eigenvalue weighted by molar-refractivity contribution is -0.137. The second-order valence-electron chi connectivity index (χ2n) is 9.53. The minimum Gasteiger partial charge on any atom is -0.481 e. The molecule has 1 fully saturated rings. The number of amides is 2. The Morgan fingerprint density at radius 3 is 2.68 bits per heavy atom. The van der Waals surface area contributed by atoms with Crippen molar-refractivity contribution in [3.8, 4) is 0 Å². The number of imidazole rings is 1. The fourth-order valence-electron chi connectivity index (χ4n) is 4.45. The summed E-state index contributed by atoms with van der Waals surface area (Å²) >= 11 is 0. The lowest BCUT2D eigenvalue weighted by Gasteiger charge is -2.25. The third-order valence-electron chi connectivity index (χ3n) is 6.46. The molecule has 14 nitrogen and oxygen atoms in total. The number of carbonyl (C=O) groups is 3. The number of anilines is 2. The number of ether oxygens (including phenoxy) is 2. The number of carboxylic acids is 1. The van der Waals surface area contributed by atoms with Gasteiger partial charge in [-0.05, 0) is 24.3 Å². The minimum atomic E-state index is -1.14. The van der Waals surface area contributed by atoms with Crippen LogP contribution >= 0.6 is 0 Å². The van der Waals surface area contributed by atoms with Gasteiger partial charge in [-0.15, -0.1) is 0 Å². The summed E-state index contributed by atoms with van der Waals surface area (Å²) in [5.74, 6) is -0.685. The Bertz CT molecular complexity index is 1360. The smallest absolute Gasteiger partial charge is 0.407 e. The zero-order valence-corrected chi connectivity index (χ0v) is 22.4. The third kappa shape index (κ3) is 9.17. The predicted octanol–water partition coefficient (Wildman–Crippen LogP) is 2.07. The summed E-state index contributed by atoms with van der Waals surface area (Å²) in [5.41, 5.74) is 0.902. The molecule has 1 atom stereocenters. The zero-order chi connectivity index (χ0) is 29.0. The molecule has 1 aliphatic rings. The van der Waals surface area contributed by atoms with E-state index in [1.807, 2.05) is 18.2 Å². The average Bonchev–Trinajstić information content (AvgIpc) is 3.47. The summed E-state index contributed by atoms with van der Waals surface area (Å²) in [6.07, 6.45) is 5.05. The molecular weight excluding hydrogens is 534 g/mol. The highest BCUT2D eigenvalue weighted by Gasteiger charge is 2.24. The van der Waals surface area contributed by atoms with Gasteiger partial charge < -0.3 is 30.2 Å². The number of nitrogens with zero attached hydrogens (tertiary/aromatic N) is 3. The lowest BCUT2D eigenvalue weighted by Crippen LogP contribution is -2.42. The molecule has 1 aromatic carbocycles. The van der Waals surface area contributed by atoms with Crippen molar-refractivity contribution in [1.82, 2.24) is 24.8 Å². The summed E-state index contributed by atoms with van der Waals surface area (Å²) in [7, 11) is 0. The molecule has 14 heteroatoms. The normalized spacial score (nSPS) is 14.1. The zero-order valence-electron chi connectivity index (χ0n) is 22.4. The first-order chi connectivity index (χ1) is 19.9. The van der Waals surface area contributed by atoms with Crippen LogP contribution < -0.4 is 21.6 Å². The van der Waals surface area contributed by atoms with Crippen molar-refractivity contribution in [2.45, 2.75) is 50.8 Å². The molecule has 4 rings (SSSR count). The molecule has 1 saturated heterocycles. The van der Waals surface area contributed by atoms with Crippen LogP contribution in [0.15, 0.2) is 53.7 Å². The van der Waals surface area contributed by atoms with Crippen molar-refractivity contribution in [2.75, 3.05) is 30.4 Å². The van der Waals surface area contributed by atoms with Crippen LogP contribution in [-0.2, 0) is 32.2 Å². The van der Waals surface area contributed by atoms with Crippen LogP contribution in [0.4, 0.5) is 16.6 Å². The molecule has 0 saturated carbocycles.